The van der Waals surface area contributed by atoms with E-state index >= 15 is 0 Å². The molecule has 0 aliphatic carbocycles. The number of aryl methyl sites for hydroxylation is 2. The van der Waals surface area contributed by atoms with Gasteiger partial charge in [-0.15, -0.1) is 0 Å². The Morgan fingerprint density at radius 3 is 2.89 bits per heavy atom. The molecule has 1 fully saturated rings. The topological polar surface area (TPSA) is 45.2 Å². The Morgan fingerprint density at radius 1 is 1.44 bits per heavy atom. The molecule has 0 unspecified atom stereocenters. The lowest BCUT2D eigenvalue weighted by atomic mass is 10.0. The Balaban J connectivity index is 2.15. The molecule has 98 valence electrons. The summed E-state index contributed by atoms with van der Waals surface area (Å²) in [5.74, 6) is 0.111. The van der Waals surface area contributed by atoms with Gasteiger partial charge in [0.2, 0.25) is 0 Å². The van der Waals surface area contributed by atoms with Crippen LogP contribution in [0.15, 0.2) is 12.1 Å². The number of piperidine rings is 1. The van der Waals surface area contributed by atoms with Crippen molar-refractivity contribution in [2.45, 2.75) is 32.7 Å². The van der Waals surface area contributed by atoms with Gasteiger partial charge in [0.15, 0.2) is 0 Å². The van der Waals surface area contributed by atoms with Crippen molar-refractivity contribution >= 4 is 5.91 Å². The zero-order chi connectivity index (χ0) is 13.1. The smallest absolute Gasteiger partial charge is 0.255 e. The molecule has 1 aromatic rings. The average molecular weight is 247 g/mol. The second-order valence-electron chi connectivity index (χ2n) is 4.96. The number of carbonyl (C=O) groups excluding carboxylic acids is 1. The van der Waals surface area contributed by atoms with Crippen LogP contribution < -0.4 is 5.32 Å². The summed E-state index contributed by atoms with van der Waals surface area (Å²) in [6.07, 6.45) is 2.21. The van der Waals surface area contributed by atoms with Gasteiger partial charge in [-0.25, -0.2) is 0 Å². The highest BCUT2D eigenvalue weighted by atomic mass is 16.2. The Morgan fingerprint density at radius 2 is 2.22 bits per heavy atom. The van der Waals surface area contributed by atoms with E-state index in [9.17, 15) is 4.79 Å². The number of aromatic nitrogens is 1. The lowest BCUT2D eigenvalue weighted by Gasteiger charge is -2.32. The van der Waals surface area contributed by atoms with Crippen molar-refractivity contribution in [3.05, 3.63) is 29.1 Å². The summed E-state index contributed by atoms with van der Waals surface area (Å²) in [7, 11) is 1.96. The first-order chi connectivity index (χ1) is 8.61. The molecular formula is C14H21N3O. The van der Waals surface area contributed by atoms with E-state index < -0.39 is 0 Å². The Labute approximate surface area is 108 Å². The van der Waals surface area contributed by atoms with Gasteiger partial charge in [-0.1, -0.05) is 0 Å². The highest BCUT2D eigenvalue weighted by Gasteiger charge is 2.24. The van der Waals surface area contributed by atoms with Crippen LogP contribution in [0.1, 0.15) is 34.6 Å². The zero-order valence-electron chi connectivity index (χ0n) is 11.4. The molecule has 18 heavy (non-hydrogen) atoms. The molecule has 1 N–H and O–H groups in total. The lowest BCUT2D eigenvalue weighted by molar-refractivity contribution is 0.0697. The summed E-state index contributed by atoms with van der Waals surface area (Å²) in [6.45, 7) is 5.49. The van der Waals surface area contributed by atoms with Gasteiger partial charge in [0.25, 0.3) is 5.91 Å². The standard InChI is InChI=1S/C14H21N3O/c1-10-6-7-13(11(2)16-10)14(18)17-8-4-5-12(9-17)15-3/h6-7,12,15H,4-5,8-9H2,1-3H3/t12-/m1/s1. The Hall–Kier alpha value is -1.42. The van der Waals surface area contributed by atoms with Crippen molar-refractivity contribution in [1.82, 2.24) is 15.2 Å². The predicted octanol–water partition coefficient (Wildman–Crippen LogP) is 1.52. The SMILES string of the molecule is CN[C@@H]1CCCN(C(=O)c2ccc(C)nc2C)C1. The maximum Gasteiger partial charge on any atom is 0.255 e. The molecule has 0 aromatic carbocycles. The summed E-state index contributed by atoms with van der Waals surface area (Å²) in [5.41, 5.74) is 2.51. The van der Waals surface area contributed by atoms with Crippen LogP contribution in [0.2, 0.25) is 0 Å². The number of hydrogen-bond acceptors (Lipinski definition) is 3. The van der Waals surface area contributed by atoms with Crippen LogP contribution in [0.5, 0.6) is 0 Å². The molecule has 0 radical (unpaired) electrons. The van der Waals surface area contributed by atoms with Crippen LogP contribution >= 0.6 is 0 Å². The molecule has 0 bridgehead atoms. The maximum absolute atomic E-state index is 12.5. The van der Waals surface area contributed by atoms with Crippen LogP contribution in [-0.4, -0.2) is 42.0 Å². The molecule has 1 saturated heterocycles. The molecule has 2 heterocycles. The highest BCUT2D eigenvalue weighted by Crippen LogP contribution is 2.15. The van der Waals surface area contributed by atoms with Gasteiger partial charge in [0, 0.05) is 24.8 Å². The van der Waals surface area contributed by atoms with Crippen molar-refractivity contribution in [2.75, 3.05) is 20.1 Å². The number of hydrogen-bond donors (Lipinski definition) is 1. The highest BCUT2D eigenvalue weighted by molar-refractivity contribution is 5.95. The Kier molecular flexibility index (Phi) is 3.97. The summed E-state index contributed by atoms with van der Waals surface area (Å²) < 4.78 is 0. The minimum absolute atomic E-state index is 0.111. The molecule has 0 saturated carbocycles. The first-order valence-corrected chi connectivity index (χ1v) is 6.52. The molecular weight excluding hydrogens is 226 g/mol. The summed E-state index contributed by atoms with van der Waals surface area (Å²) >= 11 is 0. The van der Waals surface area contributed by atoms with E-state index in [-0.39, 0.29) is 5.91 Å². The van der Waals surface area contributed by atoms with Gasteiger partial charge in [0.1, 0.15) is 0 Å². The normalized spacial score (nSPS) is 19.9. The van der Waals surface area contributed by atoms with Gasteiger partial charge < -0.3 is 10.2 Å². The molecule has 4 heteroatoms. The number of amides is 1. The molecule has 1 amide bonds. The zero-order valence-corrected chi connectivity index (χ0v) is 11.4. The molecule has 0 spiro atoms. The van der Waals surface area contributed by atoms with E-state index in [4.69, 9.17) is 0 Å². The fourth-order valence-electron chi connectivity index (χ4n) is 2.48. The van der Waals surface area contributed by atoms with E-state index in [1.165, 1.54) is 0 Å². The van der Waals surface area contributed by atoms with E-state index in [1.54, 1.807) is 0 Å². The number of likely N-dealkylation sites (tertiary alicyclic amines) is 1. The average Bonchev–Trinajstić information content (AvgIpc) is 2.38. The number of nitrogens with zero attached hydrogens (tertiary/aromatic N) is 2. The van der Waals surface area contributed by atoms with Crippen molar-refractivity contribution in [2.24, 2.45) is 0 Å². The summed E-state index contributed by atoms with van der Waals surface area (Å²) in [6, 6.07) is 4.21. The predicted molar refractivity (Wildman–Crippen MR) is 71.7 cm³/mol. The minimum Gasteiger partial charge on any atom is -0.337 e. The van der Waals surface area contributed by atoms with Crippen LogP contribution in [0, 0.1) is 13.8 Å². The molecule has 1 aromatic heterocycles. The van der Waals surface area contributed by atoms with Gasteiger partial charge in [-0.2, -0.15) is 0 Å². The third kappa shape index (κ3) is 2.70. The first-order valence-electron chi connectivity index (χ1n) is 6.52. The fourth-order valence-corrected chi connectivity index (χ4v) is 2.48. The monoisotopic (exact) mass is 247 g/mol. The van der Waals surface area contributed by atoms with Gasteiger partial charge >= 0.3 is 0 Å². The van der Waals surface area contributed by atoms with Gasteiger partial charge in [-0.3, -0.25) is 9.78 Å². The molecule has 1 aliphatic heterocycles. The van der Waals surface area contributed by atoms with E-state index in [1.807, 2.05) is 37.9 Å². The van der Waals surface area contributed by atoms with Crippen molar-refractivity contribution in [3.63, 3.8) is 0 Å². The van der Waals surface area contributed by atoms with Crippen LogP contribution in [0.25, 0.3) is 0 Å². The summed E-state index contributed by atoms with van der Waals surface area (Å²) in [4.78, 5) is 18.8. The molecule has 1 atom stereocenters. The second kappa shape index (κ2) is 5.48. The quantitative estimate of drug-likeness (QED) is 0.862. The van der Waals surface area contributed by atoms with Crippen LogP contribution in [0.3, 0.4) is 0 Å². The first kappa shape index (κ1) is 13.0. The number of nitrogens with one attached hydrogen (secondary N) is 1. The Bertz CT molecular complexity index is 445. The summed E-state index contributed by atoms with van der Waals surface area (Å²) in [5, 5.41) is 3.25. The second-order valence-corrected chi connectivity index (χ2v) is 4.96. The minimum atomic E-state index is 0.111. The largest absolute Gasteiger partial charge is 0.337 e. The van der Waals surface area contributed by atoms with Crippen molar-refractivity contribution < 1.29 is 4.79 Å². The van der Waals surface area contributed by atoms with Crippen LogP contribution in [0.4, 0.5) is 0 Å². The van der Waals surface area contributed by atoms with Crippen molar-refractivity contribution in [1.29, 1.82) is 0 Å². The number of likely N-dealkylation sites (N-methyl/N-ethyl adjacent to an activating group) is 1. The van der Waals surface area contributed by atoms with Gasteiger partial charge in [-0.05, 0) is 45.9 Å². The number of carbonyl (C=O) groups is 1. The van der Waals surface area contributed by atoms with Crippen molar-refractivity contribution in [3.8, 4) is 0 Å². The third-order valence-electron chi connectivity index (χ3n) is 3.57. The maximum atomic E-state index is 12.5. The molecule has 4 nitrogen and oxygen atoms in total. The molecule has 1 aliphatic rings. The van der Waals surface area contributed by atoms with Crippen LogP contribution in [-0.2, 0) is 0 Å². The third-order valence-corrected chi connectivity index (χ3v) is 3.57. The van der Waals surface area contributed by atoms with E-state index in [0.717, 1.165) is 42.9 Å². The number of pyridine rings is 1. The fraction of sp³-hybridized carbons (Fsp3) is 0.571. The number of rotatable bonds is 2. The van der Waals surface area contributed by atoms with E-state index in [0.29, 0.717) is 6.04 Å². The van der Waals surface area contributed by atoms with Gasteiger partial charge in [0.05, 0.1) is 11.3 Å². The molecule has 2 rings (SSSR count). The lowest BCUT2D eigenvalue weighted by Crippen LogP contribution is -2.47. The van der Waals surface area contributed by atoms with E-state index in [2.05, 4.69) is 10.3 Å².